The average Bonchev–Trinajstić information content (AvgIpc) is 2.83. The van der Waals surface area contributed by atoms with Crippen molar-refractivity contribution in [2.45, 2.75) is 65.2 Å². The first-order valence-corrected chi connectivity index (χ1v) is 11.9. The molecule has 4 nitrogen and oxygen atoms in total. The summed E-state index contributed by atoms with van der Waals surface area (Å²) in [6, 6.07) is 16.8. The van der Waals surface area contributed by atoms with Crippen LogP contribution in [-0.4, -0.2) is 22.5 Å². The third kappa shape index (κ3) is 7.30. The Morgan fingerprint density at radius 1 is 0.719 bits per heavy atom. The fraction of sp³-hybridized carbons (Fsp3) is 0.393. The average molecular weight is 431 g/mol. The number of hydrogen-bond acceptors (Lipinski definition) is 4. The van der Waals surface area contributed by atoms with Crippen LogP contribution in [0.4, 0.5) is 0 Å². The van der Waals surface area contributed by atoms with Crippen LogP contribution in [0.2, 0.25) is 0 Å². The van der Waals surface area contributed by atoms with Crippen molar-refractivity contribution >= 4 is 5.97 Å². The topological polar surface area (TPSA) is 52.1 Å². The highest BCUT2D eigenvalue weighted by Crippen LogP contribution is 2.24. The Morgan fingerprint density at radius 3 is 1.97 bits per heavy atom. The molecular weight excluding hydrogens is 396 g/mol. The molecule has 3 aromatic rings. The van der Waals surface area contributed by atoms with Gasteiger partial charge in [0.1, 0.15) is 0 Å². The van der Waals surface area contributed by atoms with Crippen LogP contribution in [-0.2, 0) is 22.4 Å². The summed E-state index contributed by atoms with van der Waals surface area (Å²) in [5, 5.41) is 0. The standard InChI is InChI=1S/C28H34N2O2/c1-3-5-6-7-9-23-20-29-28(30-21-23)26-16-14-25(15-17-26)24-12-10-22(11-13-24)18-19-32-27(31)8-4-2/h10-17,20-21H,3-9,18-19H2,1-2H3. The smallest absolute Gasteiger partial charge is 0.305 e. The Kier molecular flexibility index (Phi) is 9.42. The van der Waals surface area contributed by atoms with Crippen molar-refractivity contribution in [3.05, 3.63) is 72.1 Å². The Labute approximate surface area is 192 Å². The molecule has 4 heteroatoms. The number of carbonyl (C=O) groups is 1. The molecule has 2 aromatic carbocycles. The van der Waals surface area contributed by atoms with Crippen LogP contribution in [0.25, 0.3) is 22.5 Å². The third-order valence-corrected chi connectivity index (χ3v) is 5.56. The first kappa shape index (κ1) is 23.6. The van der Waals surface area contributed by atoms with Crippen molar-refractivity contribution in [1.29, 1.82) is 0 Å². The molecule has 32 heavy (non-hydrogen) atoms. The van der Waals surface area contributed by atoms with Crippen molar-refractivity contribution in [3.63, 3.8) is 0 Å². The molecule has 0 N–H and O–H groups in total. The van der Waals surface area contributed by atoms with Crippen LogP contribution in [0, 0.1) is 0 Å². The third-order valence-electron chi connectivity index (χ3n) is 5.56. The number of ether oxygens (including phenoxy) is 1. The molecule has 3 rings (SSSR count). The van der Waals surface area contributed by atoms with Gasteiger partial charge in [0.2, 0.25) is 0 Å². The van der Waals surface area contributed by atoms with Gasteiger partial charge in [0, 0.05) is 30.8 Å². The van der Waals surface area contributed by atoms with E-state index in [4.69, 9.17) is 4.74 Å². The molecule has 0 atom stereocenters. The van der Waals surface area contributed by atoms with E-state index in [9.17, 15) is 4.79 Å². The Bertz CT molecular complexity index is 948. The minimum atomic E-state index is -0.116. The number of rotatable bonds is 12. The second kappa shape index (κ2) is 12.7. The second-order valence-corrected chi connectivity index (χ2v) is 8.22. The van der Waals surface area contributed by atoms with Crippen LogP contribution in [0.5, 0.6) is 0 Å². The fourth-order valence-electron chi connectivity index (χ4n) is 3.62. The maximum atomic E-state index is 11.5. The van der Waals surface area contributed by atoms with Gasteiger partial charge < -0.3 is 4.74 Å². The number of benzene rings is 2. The van der Waals surface area contributed by atoms with E-state index in [0.717, 1.165) is 47.3 Å². The maximum Gasteiger partial charge on any atom is 0.305 e. The molecule has 0 radical (unpaired) electrons. The molecule has 0 unspecified atom stereocenters. The van der Waals surface area contributed by atoms with Gasteiger partial charge in [-0.1, -0.05) is 81.6 Å². The zero-order valence-corrected chi connectivity index (χ0v) is 19.3. The van der Waals surface area contributed by atoms with E-state index in [1.165, 1.54) is 31.2 Å². The Hall–Kier alpha value is -3.01. The molecule has 0 amide bonds. The number of carbonyl (C=O) groups excluding carboxylic acids is 1. The summed E-state index contributed by atoms with van der Waals surface area (Å²) in [5.41, 5.74) is 5.71. The van der Waals surface area contributed by atoms with Gasteiger partial charge in [-0.05, 0) is 41.5 Å². The summed E-state index contributed by atoms with van der Waals surface area (Å²) < 4.78 is 5.24. The highest BCUT2D eigenvalue weighted by atomic mass is 16.5. The Morgan fingerprint density at radius 2 is 1.34 bits per heavy atom. The van der Waals surface area contributed by atoms with E-state index < -0.39 is 0 Å². The lowest BCUT2D eigenvalue weighted by atomic mass is 10.0. The maximum absolute atomic E-state index is 11.5. The predicted molar refractivity (Wildman–Crippen MR) is 130 cm³/mol. The van der Waals surface area contributed by atoms with Crippen molar-refractivity contribution < 1.29 is 9.53 Å². The van der Waals surface area contributed by atoms with Gasteiger partial charge in [-0.15, -0.1) is 0 Å². The SMILES string of the molecule is CCCCCCc1cnc(-c2ccc(-c3ccc(CCOC(=O)CCC)cc3)cc2)nc1. The van der Waals surface area contributed by atoms with E-state index >= 15 is 0 Å². The van der Waals surface area contributed by atoms with Crippen LogP contribution in [0.3, 0.4) is 0 Å². The lowest BCUT2D eigenvalue weighted by Crippen LogP contribution is -2.06. The minimum absolute atomic E-state index is 0.116. The van der Waals surface area contributed by atoms with Gasteiger partial charge in [0.25, 0.3) is 0 Å². The molecule has 0 saturated carbocycles. The molecule has 0 aliphatic rings. The van der Waals surface area contributed by atoms with E-state index in [1.807, 2.05) is 19.3 Å². The molecule has 1 heterocycles. The van der Waals surface area contributed by atoms with Gasteiger partial charge in [-0.2, -0.15) is 0 Å². The first-order valence-electron chi connectivity index (χ1n) is 11.9. The van der Waals surface area contributed by atoms with Crippen molar-refractivity contribution in [1.82, 2.24) is 9.97 Å². The molecule has 0 aliphatic heterocycles. The molecule has 0 spiro atoms. The summed E-state index contributed by atoms with van der Waals surface area (Å²) in [5.74, 6) is 0.650. The highest BCUT2D eigenvalue weighted by Gasteiger charge is 2.05. The number of hydrogen-bond donors (Lipinski definition) is 0. The molecule has 0 aliphatic carbocycles. The van der Waals surface area contributed by atoms with Gasteiger partial charge in [-0.25, -0.2) is 9.97 Å². The lowest BCUT2D eigenvalue weighted by Gasteiger charge is -2.07. The van der Waals surface area contributed by atoms with E-state index in [1.54, 1.807) is 0 Å². The summed E-state index contributed by atoms with van der Waals surface area (Å²) in [6.45, 7) is 4.64. The number of aromatic nitrogens is 2. The zero-order chi connectivity index (χ0) is 22.6. The predicted octanol–water partition coefficient (Wildman–Crippen LogP) is 6.82. The number of nitrogens with zero attached hydrogens (tertiary/aromatic N) is 2. The minimum Gasteiger partial charge on any atom is -0.465 e. The summed E-state index contributed by atoms with van der Waals surface area (Å²) in [7, 11) is 0. The van der Waals surface area contributed by atoms with Crippen LogP contribution < -0.4 is 0 Å². The van der Waals surface area contributed by atoms with Crippen LogP contribution in [0.15, 0.2) is 60.9 Å². The molecule has 0 bridgehead atoms. The highest BCUT2D eigenvalue weighted by molar-refractivity contribution is 5.69. The van der Waals surface area contributed by atoms with Crippen molar-refractivity contribution in [2.75, 3.05) is 6.61 Å². The van der Waals surface area contributed by atoms with Gasteiger partial charge >= 0.3 is 5.97 Å². The number of esters is 1. The summed E-state index contributed by atoms with van der Waals surface area (Å²) in [6.07, 6.45) is 12.0. The van der Waals surface area contributed by atoms with Crippen molar-refractivity contribution in [2.24, 2.45) is 0 Å². The van der Waals surface area contributed by atoms with E-state index in [-0.39, 0.29) is 5.97 Å². The van der Waals surface area contributed by atoms with E-state index in [0.29, 0.717) is 13.0 Å². The zero-order valence-electron chi connectivity index (χ0n) is 19.3. The first-order chi connectivity index (χ1) is 15.7. The molecule has 0 fully saturated rings. The summed E-state index contributed by atoms with van der Waals surface area (Å²) >= 11 is 0. The monoisotopic (exact) mass is 430 g/mol. The molecular formula is C28H34N2O2. The number of aryl methyl sites for hydroxylation is 1. The second-order valence-electron chi connectivity index (χ2n) is 8.22. The van der Waals surface area contributed by atoms with E-state index in [2.05, 4.69) is 65.4 Å². The quantitative estimate of drug-likeness (QED) is 0.234. The van der Waals surface area contributed by atoms with Gasteiger partial charge in [0.15, 0.2) is 5.82 Å². The molecule has 0 saturated heterocycles. The normalized spacial score (nSPS) is 10.8. The fourth-order valence-corrected chi connectivity index (χ4v) is 3.62. The lowest BCUT2D eigenvalue weighted by molar-refractivity contribution is -0.143. The van der Waals surface area contributed by atoms with Gasteiger partial charge in [0.05, 0.1) is 6.61 Å². The van der Waals surface area contributed by atoms with Crippen LogP contribution >= 0.6 is 0 Å². The van der Waals surface area contributed by atoms with Gasteiger partial charge in [-0.3, -0.25) is 4.79 Å². The number of unbranched alkanes of at least 4 members (excludes halogenated alkanes) is 3. The van der Waals surface area contributed by atoms with Crippen molar-refractivity contribution in [3.8, 4) is 22.5 Å². The molecule has 1 aromatic heterocycles. The van der Waals surface area contributed by atoms with Crippen LogP contribution in [0.1, 0.15) is 63.5 Å². The largest absolute Gasteiger partial charge is 0.465 e. The summed E-state index contributed by atoms with van der Waals surface area (Å²) in [4.78, 5) is 20.6. The molecule has 168 valence electrons. The Balaban J connectivity index is 1.54.